The van der Waals surface area contributed by atoms with Crippen molar-refractivity contribution in [2.24, 2.45) is 0 Å². The number of amides is 2. The number of hydrogen-bond donors (Lipinski definition) is 2. The van der Waals surface area contributed by atoms with Crippen molar-refractivity contribution in [1.82, 2.24) is 10.3 Å². The number of carbonyl (C=O) groups excluding carboxylic acids is 2. The lowest BCUT2D eigenvalue weighted by molar-refractivity contribution is 0.0947. The van der Waals surface area contributed by atoms with Crippen molar-refractivity contribution in [3.8, 4) is 0 Å². The Balaban J connectivity index is 1.36. The molecule has 1 aromatic heterocycles. The molecule has 6 heteroatoms. The van der Waals surface area contributed by atoms with E-state index in [1.807, 2.05) is 0 Å². The predicted molar refractivity (Wildman–Crippen MR) is 108 cm³/mol. The minimum atomic E-state index is -0.269. The Hall–Kier alpha value is -3.54. The van der Waals surface area contributed by atoms with E-state index < -0.39 is 0 Å². The fourth-order valence-corrected chi connectivity index (χ4v) is 3.38. The van der Waals surface area contributed by atoms with E-state index in [2.05, 4.69) is 22.5 Å². The highest BCUT2D eigenvalue weighted by Crippen LogP contribution is 2.48. The van der Waals surface area contributed by atoms with Crippen molar-refractivity contribution < 1.29 is 14.0 Å². The van der Waals surface area contributed by atoms with Gasteiger partial charge >= 0.3 is 0 Å². The Morgan fingerprint density at radius 3 is 2.21 bits per heavy atom. The van der Waals surface area contributed by atoms with Crippen molar-refractivity contribution in [3.05, 3.63) is 95.6 Å². The second kappa shape index (κ2) is 7.47. The number of rotatable bonds is 5. The summed E-state index contributed by atoms with van der Waals surface area (Å²) >= 11 is 0. The van der Waals surface area contributed by atoms with Crippen LogP contribution in [0.1, 0.15) is 39.6 Å². The third kappa shape index (κ3) is 4.01. The predicted octanol–water partition coefficient (Wildman–Crippen LogP) is 3.93. The molecular formula is C23H20FN3O2. The average Bonchev–Trinajstić information content (AvgIpc) is 3.39. The largest absolute Gasteiger partial charge is 0.348 e. The Morgan fingerprint density at radius 1 is 0.931 bits per heavy atom. The molecule has 146 valence electrons. The van der Waals surface area contributed by atoms with E-state index in [-0.39, 0.29) is 29.1 Å². The molecule has 3 aromatic rings. The molecule has 5 nitrogen and oxygen atoms in total. The Kier molecular flexibility index (Phi) is 4.84. The van der Waals surface area contributed by atoms with Gasteiger partial charge in [-0.3, -0.25) is 14.6 Å². The summed E-state index contributed by atoms with van der Waals surface area (Å²) in [4.78, 5) is 28.6. The molecule has 2 N–H and O–H groups in total. The topological polar surface area (TPSA) is 71.1 Å². The summed E-state index contributed by atoms with van der Waals surface area (Å²) in [6, 6.07) is 16.4. The van der Waals surface area contributed by atoms with Crippen LogP contribution in [0, 0.1) is 5.82 Å². The lowest BCUT2D eigenvalue weighted by Crippen LogP contribution is -2.30. The van der Waals surface area contributed by atoms with Crippen LogP contribution in [0.15, 0.2) is 73.1 Å². The van der Waals surface area contributed by atoms with Crippen molar-refractivity contribution in [2.75, 3.05) is 5.32 Å². The maximum absolute atomic E-state index is 13.1. The van der Waals surface area contributed by atoms with Crippen molar-refractivity contribution >= 4 is 17.5 Å². The smallest absolute Gasteiger partial charge is 0.255 e. The van der Waals surface area contributed by atoms with Crippen LogP contribution in [0.3, 0.4) is 0 Å². The number of aromatic nitrogens is 1. The van der Waals surface area contributed by atoms with E-state index in [9.17, 15) is 14.0 Å². The number of pyridine rings is 1. The van der Waals surface area contributed by atoms with Gasteiger partial charge in [-0.15, -0.1) is 0 Å². The van der Waals surface area contributed by atoms with Crippen LogP contribution in [0.5, 0.6) is 0 Å². The first-order valence-corrected chi connectivity index (χ1v) is 9.34. The maximum Gasteiger partial charge on any atom is 0.255 e. The first kappa shape index (κ1) is 18.8. The SMILES string of the molecule is CC1(c2ccc(F)cc2)CC1NC(=O)c1ccc(NC(=O)c2ccncc2)cc1. The summed E-state index contributed by atoms with van der Waals surface area (Å²) in [5.41, 5.74) is 2.46. The standard InChI is InChI=1S/C23H20FN3O2/c1-23(17-4-6-18(24)7-5-17)14-20(23)27-22(29)15-2-8-19(9-3-15)26-21(28)16-10-12-25-13-11-16/h2-13,20H,14H2,1H3,(H,26,28)(H,27,29). The van der Waals surface area contributed by atoms with Crippen LogP contribution in [-0.2, 0) is 5.41 Å². The molecule has 1 aliphatic rings. The lowest BCUT2D eigenvalue weighted by atomic mass is 9.97. The monoisotopic (exact) mass is 389 g/mol. The Bertz CT molecular complexity index is 1040. The first-order valence-electron chi connectivity index (χ1n) is 9.34. The minimum absolute atomic E-state index is 0.00605. The second-order valence-corrected chi connectivity index (χ2v) is 7.42. The van der Waals surface area contributed by atoms with Crippen LogP contribution < -0.4 is 10.6 Å². The third-order valence-electron chi connectivity index (χ3n) is 5.39. The van der Waals surface area contributed by atoms with E-state index in [0.29, 0.717) is 16.8 Å². The molecule has 0 aliphatic heterocycles. The molecule has 2 aromatic carbocycles. The van der Waals surface area contributed by atoms with Gasteiger partial charge in [0.1, 0.15) is 5.82 Å². The highest BCUT2D eigenvalue weighted by atomic mass is 19.1. The van der Waals surface area contributed by atoms with Gasteiger partial charge in [0.2, 0.25) is 0 Å². The number of carbonyl (C=O) groups is 2. The molecule has 0 saturated heterocycles. The minimum Gasteiger partial charge on any atom is -0.348 e. The fourth-order valence-electron chi connectivity index (χ4n) is 3.38. The van der Waals surface area contributed by atoms with Gasteiger partial charge in [0, 0.05) is 40.7 Å². The quantitative estimate of drug-likeness (QED) is 0.695. The van der Waals surface area contributed by atoms with Crippen LogP contribution in [-0.4, -0.2) is 22.8 Å². The molecule has 0 spiro atoms. The highest BCUT2D eigenvalue weighted by Gasteiger charge is 2.52. The van der Waals surface area contributed by atoms with Crippen LogP contribution in [0.25, 0.3) is 0 Å². The maximum atomic E-state index is 13.1. The van der Waals surface area contributed by atoms with Crippen molar-refractivity contribution in [2.45, 2.75) is 24.8 Å². The van der Waals surface area contributed by atoms with E-state index in [0.717, 1.165) is 12.0 Å². The molecule has 0 radical (unpaired) electrons. The number of halogens is 1. The number of hydrogen-bond acceptors (Lipinski definition) is 3. The van der Waals surface area contributed by atoms with Gasteiger partial charge in [0.25, 0.3) is 11.8 Å². The summed E-state index contributed by atoms with van der Waals surface area (Å²) in [6.45, 7) is 2.06. The van der Waals surface area contributed by atoms with Crippen molar-refractivity contribution in [1.29, 1.82) is 0 Å². The highest BCUT2D eigenvalue weighted by molar-refractivity contribution is 6.04. The molecule has 2 amide bonds. The van der Waals surface area contributed by atoms with Crippen molar-refractivity contribution in [3.63, 3.8) is 0 Å². The molecule has 29 heavy (non-hydrogen) atoms. The van der Waals surface area contributed by atoms with Crippen LogP contribution in [0.4, 0.5) is 10.1 Å². The third-order valence-corrected chi connectivity index (χ3v) is 5.39. The van der Waals surface area contributed by atoms with Crippen LogP contribution >= 0.6 is 0 Å². The summed E-state index contributed by atoms with van der Waals surface area (Å²) in [5.74, 6) is -0.680. The Labute approximate surface area is 168 Å². The zero-order valence-electron chi connectivity index (χ0n) is 15.9. The Morgan fingerprint density at radius 2 is 1.55 bits per heavy atom. The molecule has 1 fully saturated rings. The molecule has 0 bridgehead atoms. The molecule has 1 heterocycles. The molecular weight excluding hydrogens is 369 g/mol. The van der Waals surface area contributed by atoms with E-state index >= 15 is 0 Å². The average molecular weight is 389 g/mol. The van der Waals surface area contributed by atoms with Gasteiger partial charge in [-0.25, -0.2) is 4.39 Å². The number of anilines is 1. The van der Waals surface area contributed by atoms with E-state index in [1.165, 1.54) is 12.1 Å². The zero-order chi connectivity index (χ0) is 20.4. The second-order valence-electron chi connectivity index (χ2n) is 7.42. The fraction of sp³-hybridized carbons (Fsp3) is 0.174. The van der Waals surface area contributed by atoms with Gasteiger partial charge in [0.15, 0.2) is 0 Å². The molecule has 1 aliphatic carbocycles. The van der Waals surface area contributed by atoms with Gasteiger partial charge in [0.05, 0.1) is 0 Å². The summed E-state index contributed by atoms with van der Waals surface area (Å²) in [7, 11) is 0. The summed E-state index contributed by atoms with van der Waals surface area (Å²) in [6.07, 6.45) is 3.92. The van der Waals surface area contributed by atoms with E-state index in [4.69, 9.17) is 0 Å². The molecule has 2 atom stereocenters. The van der Waals surface area contributed by atoms with Gasteiger partial charge in [-0.1, -0.05) is 19.1 Å². The molecule has 1 saturated carbocycles. The first-order chi connectivity index (χ1) is 14.0. The van der Waals surface area contributed by atoms with Gasteiger partial charge < -0.3 is 10.6 Å². The molecule has 4 rings (SSSR count). The number of nitrogens with one attached hydrogen (secondary N) is 2. The molecule has 2 unspecified atom stereocenters. The van der Waals surface area contributed by atoms with E-state index in [1.54, 1.807) is 60.9 Å². The van der Waals surface area contributed by atoms with Crippen LogP contribution in [0.2, 0.25) is 0 Å². The lowest BCUT2D eigenvalue weighted by Gasteiger charge is -2.13. The summed E-state index contributed by atoms with van der Waals surface area (Å²) in [5, 5.41) is 5.82. The number of benzene rings is 2. The van der Waals surface area contributed by atoms with Gasteiger partial charge in [-0.05, 0) is 60.5 Å². The summed E-state index contributed by atoms with van der Waals surface area (Å²) < 4.78 is 13.1. The normalized spacial score (nSPS) is 20.0. The number of nitrogens with zero attached hydrogens (tertiary/aromatic N) is 1. The zero-order valence-corrected chi connectivity index (χ0v) is 15.9. The van der Waals surface area contributed by atoms with Gasteiger partial charge in [-0.2, -0.15) is 0 Å².